The summed E-state index contributed by atoms with van der Waals surface area (Å²) in [7, 11) is 0. The summed E-state index contributed by atoms with van der Waals surface area (Å²) < 4.78 is 4.60. The van der Waals surface area contributed by atoms with Gasteiger partial charge in [-0.2, -0.15) is 0 Å². The lowest BCUT2D eigenvalue weighted by Gasteiger charge is -1.96. The van der Waals surface area contributed by atoms with Crippen molar-refractivity contribution >= 4 is 22.9 Å². The highest BCUT2D eigenvalue weighted by Gasteiger charge is 2.11. The predicted molar refractivity (Wildman–Crippen MR) is 59.3 cm³/mol. The first-order valence-corrected chi connectivity index (χ1v) is 5.53. The molecule has 3 N–H and O–H groups in total. The normalized spacial score (nSPS) is 10.3. The molecule has 6 nitrogen and oxygen atoms in total. The van der Waals surface area contributed by atoms with E-state index in [-0.39, 0.29) is 5.91 Å². The fourth-order valence-corrected chi connectivity index (χ4v) is 1.91. The maximum Gasteiger partial charge on any atom is 0.275 e. The van der Waals surface area contributed by atoms with Crippen molar-refractivity contribution in [1.29, 1.82) is 0 Å². The fraction of sp³-hybridized carbons (Fsp3) is 0.222. The zero-order chi connectivity index (χ0) is 11.4. The van der Waals surface area contributed by atoms with E-state index in [1.807, 2.05) is 0 Å². The number of hydrogen-bond donors (Lipinski definition) is 2. The zero-order valence-corrected chi connectivity index (χ0v) is 9.16. The second-order valence-corrected chi connectivity index (χ2v) is 3.98. The van der Waals surface area contributed by atoms with Gasteiger partial charge in [0.05, 0.1) is 11.2 Å². The van der Waals surface area contributed by atoms with E-state index in [9.17, 15) is 4.79 Å². The van der Waals surface area contributed by atoms with Crippen molar-refractivity contribution in [2.75, 3.05) is 11.9 Å². The fourth-order valence-electron chi connectivity index (χ4n) is 1.12. The van der Waals surface area contributed by atoms with Gasteiger partial charge >= 0.3 is 0 Å². The van der Waals surface area contributed by atoms with E-state index in [0.29, 0.717) is 24.3 Å². The maximum absolute atomic E-state index is 11.7. The minimum absolute atomic E-state index is 0.275. The van der Waals surface area contributed by atoms with Gasteiger partial charge in [-0.15, -0.1) is 11.3 Å². The van der Waals surface area contributed by atoms with Crippen molar-refractivity contribution in [3.8, 4) is 0 Å². The molecule has 0 bridgehead atoms. The van der Waals surface area contributed by atoms with Crippen LogP contribution in [0.25, 0.3) is 0 Å². The van der Waals surface area contributed by atoms with Crippen molar-refractivity contribution in [2.45, 2.75) is 6.42 Å². The molecule has 0 saturated heterocycles. The van der Waals surface area contributed by atoms with Gasteiger partial charge in [0.15, 0.2) is 0 Å². The van der Waals surface area contributed by atoms with Gasteiger partial charge in [0, 0.05) is 11.8 Å². The largest absolute Gasteiger partial charge is 0.363 e. The van der Waals surface area contributed by atoms with Crippen LogP contribution in [0.2, 0.25) is 0 Å². The van der Waals surface area contributed by atoms with E-state index < -0.39 is 0 Å². The molecule has 0 aromatic carbocycles. The third-order valence-electron chi connectivity index (χ3n) is 1.83. The van der Waals surface area contributed by atoms with Gasteiger partial charge in [0.1, 0.15) is 17.6 Å². The van der Waals surface area contributed by atoms with Crippen LogP contribution in [0.15, 0.2) is 22.4 Å². The molecule has 0 atom stereocenters. The summed E-state index contributed by atoms with van der Waals surface area (Å²) in [4.78, 5) is 15.8. The van der Waals surface area contributed by atoms with Crippen molar-refractivity contribution in [1.82, 2.24) is 10.1 Å². The third-order valence-corrected chi connectivity index (χ3v) is 2.74. The number of anilines is 1. The van der Waals surface area contributed by atoms with E-state index >= 15 is 0 Å². The van der Waals surface area contributed by atoms with Crippen LogP contribution in [-0.4, -0.2) is 22.6 Å². The summed E-state index contributed by atoms with van der Waals surface area (Å²) in [6, 6.07) is 0. The average Bonchev–Trinajstić information content (AvgIpc) is 2.89. The lowest BCUT2D eigenvalue weighted by Crippen LogP contribution is -2.12. The SMILES string of the molecule is NCCc1nc(C(=O)Nc2cnoc2)cs1. The van der Waals surface area contributed by atoms with Gasteiger partial charge in [-0.3, -0.25) is 4.79 Å². The molecule has 0 aliphatic rings. The molecule has 0 spiro atoms. The van der Waals surface area contributed by atoms with E-state index in [2.05, 4.69) is 20.0 Å². The Balaban J connectivity index is 2.03. The minimum Gasteiger partial charge on any atom is -0.363 e. The molecule has 2 aromatic heterocycles. The molecule has 2 rings (SSSR count). The molecular weight excluding hydrogens is 228 g/mol. The number of rotatable bonds is 4. The second-order valence-electron chi connectivity index (χ2n) is 3.03. The van der Waals surface area contributed by atoms with E-state index in [0.717, 1.165) is 5.01 Å². The Morgan fingerprint density at radius 2 is 2.50 bits per heavy atom. The topological polar surface area (TPSA) is 94.0 Å². The predicted octanol–water partition coefficient (Wildman–Crippen LogP) is 0.885. The smallest absolute Gasteiger partial charge is 0.275 e. The van der Waals surface area contributed by atoms with Gasteiger partial charge < -0.3 is 15.6 Å². The number of hydrogen-bond acceptors (Lipinski definition) is 6. The van der Waals surface area contributed by atoms with Crippen LogP contribution in [0.3, 0.4) is 0 Å². The van der Waals surface area contributed by atoms with Gasteiger partial charge in [0.25, 0.3) is 5.91 Å². The molecular formula is C9H10N4O2S. The number of nitrogens with one attached hydrogen (secondary N) is 1. The van der Waals surface area contributed by atoms with Crippen molar-refractivity contribution < 1.29 is 9.32 Å². The minimum atomic E-state index is -0.275. The average molecular weight is 238 g/mol. The Labute approximate surface area is 95.5 Å². The summed E-state index contributed by atoms with van der Waals surface area (Å²) in [5, 5.41) is 8.65. The number of amides is 1. The summed E-state index contributed by atoms with van der Waals surface area (Å²) in [6.45, 7) is 0.528. The van der Waals surface area contributed by atoms with Crippen LogP contribution in [0.5, 0.6) is 0 Å². The number of thiazole rings is 1. The number of carbonyl (C=O) groups excluding carboxylic acids is 1. The van der Waals surface area contributed by atoms with Crippen LogP contribution < -0.4 is 11.1 Å². The van der Waals surface area contributed by atoms with Crippen molar-refractivity contribution in [3.63, 3.8) is 0 Å². The van der Waals surface area contributed by atoms with Crippen LogP contribution in [0.4, 0.5) is 5.69 Å². The van der Waals surface area contributed by atoms with Crippen LogP contribution in [0, 0.1) is 0 Å². The lowest BCUT2D eigenvalue weighted by molar-refractivity contribution is 0.102. The molecule has 0 unspecified atom stereocenters. The Morgan fingerprint density at radius 1 is 1.62 bits per heavy atom. The van der Waals surface area contributed by atoms with Gasteiger partial charge in [-0.1, -0.05) is 5.16 Å². The molecule has 0 radical (unpaired) electrons. The van der Waals surface area contributed by atoms with Gasteiger partial charge in [-0.25, -0.2) is 4.98 Å². The van der Waals surface area contributed by atoms with E-state index in [4.69, 9.17) is 5.73 Å². The molecule has 0 aliphatic heterocycles. The molecule has 2 aromatic rings. The molecule has 2 heterocycles. The summed E-state index contributed by atoms with van der Waals surface area (Å²) >= 11 is 1.42. The summed E-state index contributed by atoms with van der Waals surface area (Å²) in [5.74, 6) is -0.275. The van der Waals surface area contributed by atoms with Crippen LogP contribution in [0.1, 0.15) is 15.5 Å². The van der Waals surface area contributed by atoms with E-state index in [1.54, 1.807) is 5.38 Å². The van der Waals surface area contributed by atoms with E-state index in [1.165, 1.54) is 23.8 Å². The molecule has 84 valence electrons. The summed E-state index contributed by atoms with van der Waals surface area (Å²) in [6.07, 6.45) is 3.46. The lowest BCUT2D eigenvalue weighted by atomic mass is 10.4. The Bertz CT molecular complexity index is 466. The first kappa shape index (κ1) is 10.8. The van der Waals surface area contributed by atoms with Crippen LogP contribution >= 0.6 is 11.3 Å². The van der Waals surface area contributed by atoms with Crippen molar-refractivity contribution in [3.05, 3.63) is 28.5 Å². The molecule has 16 heavy (non-hydrogen) atoms. The maximum atomic E-state index is 11.7. The first-order valence-electron chi connectivity index (χ1n) is 4.65. The Hall–Kier alpha value is -1.73. The highest BCUT2D eigenvalue weighted by atomic mass is 32.1. The molecule has 0 aliphatic carbocycles. The number of nitrogens with two attached hydrogens (primary N) is 1. The number of aromatic nitrogens is 2. The number of nitrogens with zero attached hydrogens (tertiary/aromatic N) is 2. The zero-order valence-electron chi connectivity index (χ0n) is 8.34. The molecule has 0 fully saturated rings. The van der Waals surface area contributed by atoms with Gasteiger partial charge in [0.2, 0.25) is 0 Å². The summed E-state index contributed by atoms with van der Waals surface area (Å²) in [5.41, 5.74) is 6.30. The number of carbonyl (C=O) groups is 1. The Morgan fingerprint density at radius 3 is 3.19 bits per heavy atom. The molecule has 1 amide bonds. The highest BCUT2D eigenvalue weighted by Crippen LogP contribution is 2.12. The molecule has 7 heteroatoms. The standard InChI is InChI=1S/C9H10N4O2S/c10-2-1-8-13-7(5-16-8)9(14)12-6-3-11-15-4-6/h3-5H,1-2,10H2,(H,12,14). The van der Waals surface area contributed by atoms with Crippen molar-refractivity contribution in [2.24, 2.45) is 5.73 Å². The Kier molecular flexibility index (Phi) is 3.28. The third kappa shape index (κ3) is 2.44. The monoisotopic (exact) mass is 238 g/mol. The van der Waals surface area contributed by atoms with Crippen LogP contribution in [-0.2, 0) is 6.42 Å². The van der Waals surface area contributed by atoms with Gasteiger partial charge in [-0.05, 0) is 6.54 Å². The molecule has 0 saturated carbocycles. The highest BCUT2D eigenvalue weighted by molar-refractivity contribution is 7.09. The quantitative estimate of drug-likeness (QED) is 0.824. The first-order chi connectivity index (χ1) is 7.79. The second kappa shape index (κ2) is 4.86.